The standard InChI is InChI=1S/C16H18N4O3S/c1-3-20(4-2)24(22,23)11-7-5-10-6-8-13-14(12(10)9-11)15(21)19-16(17)18-13/h5-9H,3-4H2,1-2H3,(H3,17,18,19,21). The molecular formula is C16H18N4O3S. The summed E-state index contributed by atoms with van der Waals surface area (Å²) in [6, 6.07) is 8.26. The first-order valence-corrected chi connectivity index (χ1v) is 9.05. The highest BCUT2D eigenvalue weighted by molar-refractivity contribution is 7.89. The van der Waals surface area contributed by atoms with Crippen molar-refractivity contribution in [2.45, 2.75) is 18.7 Å². The number of nitrogens with one attached hydrogen (secondary N) is 1. The van der Waals surface area contributed by atoms with Gasteiger partial charge in [0.25, 0.3) is 5.56 Å². The van der Waals surface area contributed by atoms with Crippen LogP contribution in [0.15, 0.2) is 40.0 Å². The number of aromatic amines is 1. The van der Waals surface area contributed by atoms with Gasteiger partial charge in [0.2, 0.25) is 16.0 Å². The lowest BCUT2D eigenvalue weighted by Crippen LogP contribution is -2.30. The molecule has 0 saturated carbocycles. The third-order valence-electron chi connectivity index (χ3n) is 4.02. The van der Waals surface area contributed by atoms with E-state index in [-0.39, 0.29) is 16.4 Å². The molecular weight excluding hydrogens is 328 g/mol. The molecule has 0 aliphatic rings. The summed E-state index contributed by atoms with van der Waals surface area (Å²) in [6.45, 7) is 4.33. The topological polar surface area (TPSA) is 109 Å². The fourth-order valence-corrected chi connectivity index (χ4v) is 4.31. The molecule has 0 atom stereocenters. The minimum absolute atomic E-state index is 0.0266. The smallest absolute Gasteiger partial charge is 0.260 e. The van der Waals surface area contributed by atoms with E-state index in [1.54, 1.807) is 38.1 Å². The Kier molecular flexibility index (Phi) is 4.02. The molecule has 0 unspecified atom stereocenters. The highest BCUT2D eigenvalue weighted by Gasteiger charge is 2.22. The molecule has 3 N–H and O–H groups in total. The Labute approximate surface area is 139 Å². The van der Waals surface area contributed by atoms with Crippen LogP contribution in [0.4, 0.5) is 5.95 Å². The zero-order valence-corrected chi connectivity index (χ0v) is 14.2. The number of rotatable bonds is 4. The number of nitrogen functional groups attached to an aromatic ring is 1. The lowest BCUT2D eigenvalue weighted by molar-refractivity contribution is 0.445. The van der Waals surface area contributed by atoms with Gasteiger partial charge in [-0.25, -0.2) is 13.4 Å². The summed E-state index contributed by atoms with van der Waals surface area (Å²) in [4.78, 5) is 19.0. The molecule has 0 spiro atoms. The van der Waals surface area contributed by atoms with Crippen LogP contribution >= 0.6 is 0 Å². The number of sulfonamides is 1. The second-order valence-corrected chi connectivity index (χ2v) is 7.32. The molecule has 0 aliphatic carbocycles. The second-order valence-electron chi connectivity index (χ2n) is 5.38. The van der Waals surface area contributed by atoms with E-state index in [0.29, 0.717) is 29.4 Å². The summed E-state index contributed by atoms with van der Waals surface area (Å²) in [7, 11) is -3.61. The number of anilines is 1. The Morgan fingerprint density at radius 2 is 1.83 bits per heavy atom. The molecule has 8 heteroatoms. The van der Waals surface area contributed by atoms with Crippen LogP contribution in [0, 0.1) is 0 Å². The van der Waals surface area contributed by atoms with Crippen molar-refractivity contribution in [3.63, 3.8) is 0 Å². The van der Waals surface area contributed by atoms with Gasteiger partial charge < -0.3 is 5.73 Å². The van der Waals surface area contributed by atoms with E-state index in [1.165, 1.54) is 10.4 Å². The van der Waals surface area contributed by atoms with Gasteiger partial charge in [-0.2, -0.15) is 4.31 Å². The van der Waals surface area contributed by atoms with Gasteiger partial charge in [-0.05, 0) is 29.0 Å². The van der Waals surface area contributed by atoms with Gasteiger partial charge in [-0.3, -0.25) is 9.78 Å². The summed E-state index contributed by atoms with van der Waals surface area (Å²) in [6.07, 6.45) is 0. The minimum atomic E-state index is -3.61. The molecule has 0 fully saturated rings. The van der Waals surface area contributed by atoms with Gasteiger partial charge in [-0.15, -0.1) is 0 Å². The van der Waals surface area contributed by atoms with Crippen molar-refractivity contribution in [3.05, 3.63) is 40.7 Å². The molecule has 1 heterocycles. The van der Waals surface area contributed by atoms with Gasteiger partial charge in [-0.1, -0.05) is 26.0 Å². The third kappa shape index (κ3) is 2.53. The number of benzene rings is 2. The van der Waals surface area contributed by atoms with Crippen molar-refractivity contribution in [1.29, 1.82) is 0 Å². The maximum Gasteiger partial charge on any atom is 0.260 e. The number of aromatic nitrogens is 2. The maximum atomic E-state index is 12.7. The maximum absolute atomic E-state index is 12.7. The summed E-state index contributed by atoms with van der Waals surface area (Å²) < 4.78 is 26.8. The van der Waals surface area contributed by atoms with Crippen molar-refractivity contribution in [2.75, 3.05) is 18.8 Å². The number of hydrogen-bond donors (Lipinski definition) is 2. The molecule has 1 aromatic heterocycles. The Hall–Kier alpha value is -2.45. The van der Waals surface area contributed by atoms with Gasteiger partial charge >= 0.3 is 0 Å². The summed E-state index contributed by atoms with van der Waals surface area (Å²) in [5.41, 5.74) is 5.62. The van der Waals surface area contributed by atoms with E-state index >= 15 is 0 Å². The molecule has 126 valence electrons. The number of fused-ring (bicyclic) bond motifs is 3. The van der Waals surface area contributed by atoms with Crippen LogP contribution in [-0.4, -0.2) is 35.8 Å². The number of nitrogens with two attached hydrogens (primary N) is 1. The first kappa shape index (κ1) is 16.4. The van der Waals surface area contributed by atoms with Crippen LogP contribution in [0.2, 0.25) is 0 Å². The van der Waals surface area contributed by atoms with Gasteiger partial charge in [0, 0.05) is 13.1 Å². The Morgan fingerprint density at radius 3 is 2.50 bits per heavy atom. The quantitative estimate of drug-likeness (QED) is 0.699. The third-order valence-corrected chi connectivity index (χ3v) is 6.07. The highest BCUT2D eigenvalue weighted by atomic mass is 32.2. The van der Waals surface area contributed by atoms with Crippen LogP contribution < -0.4 is 11.3 Å². The van der Waals surface area contributed by atoms with Gasteiger partial charge in [0.15, 0.2) is 0 Å². The predicted octanol–water partition coefficient (Wildman–Crippen LogP) is 1.69. The van der Waals surface area contributed by atoms with Crippen LogP contribution in [0.1, 0.15) is 13.8 Å². The molecule has 7 nitrogen and oxygen atoms in total. The van der Waals surface area contributed by atoms with Crippen molar-refractivity contribution >= 4 is 37.6 Å². The average Bonchev–Trinajstić information content (AvgIpc) is 2.54. The molecule has 3 rings (SSSR count). The first-order chi connectivity index (χ1) is 11.4. The van der Waals surface area contributed by atoms with Crippen LogP contribution in [0.25, 0.3) is 21.7 Å². The molecule has 3 aromatic rings. The Bertz CT molecular complexity index is 1090. The molecule has 0 radical (unpaired) electrons. The minimum Gasteiger partial charge on any atom is -0.369 e. The van der Waals surface area contributed by atoms with E-state index in [1.807, 2.05) is 0 Å². The first-order valence-electron chi connectivity index (χ1n) is 7.61. The number of nitrogens with zero attached hydrogens (tertiary/aromatic N) is 2. The fraction of sp³-hybridized carbons (Fsp3) is 0.250. The largest absolute Gasteiger partial charge is 0.369 e. The zero-order valence-electron chi connectivity index (χ0n) is 13.4. The molecule has 24 heavy (non-hydrogen) atoms. The van der Waals surface area contributed by atoms with Crippen molar-refractivity contribution in [1.82, 2.24) is 14.3 Å². The normalized spacial score (nSPS) is 12.3. The number of hydrogen-bond acceptors (Lipinski definition) is 5. The van der Waals surface area contributed by atoms with Gasteiger partial charge in [0.1, 0.15) is 0 Å². The fourth-order valence-electron chi connectivity index (χ4n) is 2.83. The highest BCUT2D eigenvalue weighted by Crippen LogP contribution is 2.26. The van der Waals surface area contributed by atoms with E-state index < -0.39 is 10.0 Å². The van der Waals surface area contributed by atoms with Crippen molar-refractivity contribution in [3.8, 4) is 0 Å². The summed E-state index contributed by atoms with van der Waals surface area (Å²) in [5.74, 6) is 0.0266. The Balaban J connectivity index is 2.35. The average molecular weight is 346 g/mol. The molecule has 0 bridgehead atoms. The second kappa shape index (κ2) is 5.88. The van der Waals surface area contributed by atoms with Crippen LogP contribution in [0.3, 0.4) is 0 Å². The summed E-state index contributed by atoms with van der Waals surface area (Å²) >= 11 is 0. The lowest BCUT2D eigenvalue weighted by Gasteiger charge is -2.18. The monoisotopic (exact) mass is 346 g/mol. The van der Waals surface area contributed by atoms with Crippen LogP contribution in [-0.2, 0) is 10.0 Å². The molecule has 0 saturated heterocycles. The Morgan fingerprint density at radius 1 is 1.17 bits per heavy atom. The molecule has 0 amide bonds. The predicted molar refractivity (Wildman–Crippen MR) is 94.4 cm³/mol. The SMILES string of the molecule is CCN(CC)S(=O)(=O)c1ccc2ccc3nc(N)[nH]c(=O)c3c2c1. The molecule has 2 aromatic carbocycles. The summed E-state index contributed by atoms with van der Waals surface area (Å²) in [5, 5.41) is 1.63. The van der Waals surface area contributed by atoms with Crippen molar-refractivity contribution in [2.24, 2.45) is 0 Å². The number of H-pyrrole nitrogens is 1. The van der Waals surface area contributed by atoms with E-state index in [4.69, 9.17) is 5.73 Å². The van der Waals surface area contributed by atoms with E-state index in [2.05, 4.69) is 9.97 Å². The van der Waals surface area contributed by atoms with E-state index in [0.717, 1.165) is 5.39 Å². The lowest BCUT2D eigenvalue weighted by atomic mass is 10.1. The zero-order chi connectivity index (χ0) is 17.5. The van der Waals surface area contributed by atoms with Crippen LogP contribution in [0.5, 0.6) is 0 Å². The van der Waals surface area contributed by atoms with E-state index in [9.17, 15) is 13.2 Å². The van der Waals surface area contributed by atoms with Gasteiger partial charge in [0.05, 0.1) is 15.8 Å². The molecule has 0 aliphatic heterocycles. The van der Waals surface area contributed by atoms with Crippen molar-refractivity contribution < 1.29 is 8.42 Å².